The SMILES string of the molecule is Nc1c(N(CCC2=CCCCC2)Cc2nnc(-c3ccco3)o2)c(=O)[nH]c(=O)n1Cc1ccccc1. The maximum Gasteiger partial charge on any atom is 0.330 e. The zero-order chi connectivity index (χ0) is 24.9. The van der Waals surface area contributed by atoms with Crippen molar-refractivity contribution in [3.63, 3.8) is 0 Å². The topological polar surface area (TPSA) is 136 Å². The van der Waals surface area contributed by atoms with Gasteiger partial charge in [-0.05, 0) is 49.8 Å². The molecular formula is C26H28N6O4. The van der Waals surface area contributed by atoms with Gasteiger partial charge in [0, 0.05) is 6.54 Å². The third-order valence-corrected chi connectivity index (χ3v) is 6.33. The Labute approximate surface area is 207 Å². The van der Waals surface area contributed by atoms with Gasteiger partial charge < -0.3 is 19.5 Å². The number of hydrogen-bond acceptors (Lipinski definition) is 8. The Morgan fingerprint density at radius 2 is 1.94 bits per heavy atom. The van der Waals surface area contributed by atoms with E-state index in [9.17, 15) is 9.59 Å². The van der Waals surface area contributed by atoms with Crippen LogP contribution in [0.15, 0.2) is 78.8 Å². The monoisotopic (exact) mass is 488 g/mol. The summed E-state index contributed by atoms with van der Waals surface area (Å²) >= 11 is 0. The van der Waals surface area contributed by atoms with Crippen LogP contribution in [0.5, 0.6) is 0 Å². The Bertz CT molecular complexity index is 1450. The van der Waals surface area contributed by atoms with E-state index < -0.39 is 11.2 Å². The van der Waals surface area contributed by atoms with Crippen molar-refractivity contribution in [2.24, 2.45) is 0 Å². The Morgan fingerprint density at radius 1 is 1.08 bits per heavy atom. The summed E-state index contributed by atoms with van der Waals surface area (Å²) in [7, 11) is 0. The predicted octanol–water partition coefficient (Wildman–Crippen LogP) is 3.71. The second-order valence-corrected chi connectivity index (χ2v) is 8.82. The lowest BCUT2D eigenvalue weighted by Crippen LogP contribution is -2.39. The predicted molar refractivity (Wildman–Crippen MR) is 135 cm³/mol. The summed E-state index contributed by atoms with van der Waals surface area (Å²) in [5.41, 5.74) is 7.82. The van der Waals surface area contributed by atoms with Crippen LogP contribution < -0.4 is 21.9 Å². The van der Waals surface area contributed by atoms with Crippen LogP contribution in [0, 0.1) is 0 Å². The lowest BCUT2D eigenvalue weighted by Gasteiger charge is -2.26. The molecule has 186 valence electrons. The summed E-state index contributed by atoms with van der Waals surface area (Å²) in [5, 5.41) is 8.21. The Kier molecular flexibility index (Phi) is 6.83. The van der Waals surface area contributed by atoms with Crippen LogP contribution in [0.3, 0.4) is 0 Å². The van der Waals surface area contributed by atoms with Crippen molar-refractivity contribution in [2.75, 3.05) is 17.2 Å². The second kappa shape index (κ2) is 10.5. The maximum atomic E-state index is 13.1. The summed E-state index contributed by atoms with van der Waals surface area (Å²) in [6, 6.07) is 12.9. The minimum atomic E-state index is -0.557. The van der Waals surface area contributed by atoms with Crippen LogP contribution in [0.25, 0.3) is 11.7 Å². The smallest absolute Gasteiger partial charge is 0.330 e. The van der Waals surface area contributed by atoms with Crippen LogP contribution in [0.2, 0.25) is 0 Å². The average Bonchev–Trinajstić information content (AvgIpc) is 3.58. The minimum absolute atomic E-state index is 0.0935. The fourth-order valence-corrected chi connectivity index (χ4v) is 4.47. The summed E-state index contributed by atoms with van der Waals surface area (Å²) < 4.78 is 12.5. The molecule has 0 radical (unpaired) electrons. The molecule has 1 aliphatic rings. The van der Waals surface area contributed by atoms with Crippen molar-refractivity contribution < 1.29 is 8.83 Å². The molecular weight excluding hydrogens is 460 g/mol. The summed E-state index contributed by atoms with van der Waals surface area (Å²) in [5.74, 6) is 1.11. The summed E-state index contributed by atoms with van der Waals surface area (Å²) in [6.45, 7) is 0.885. The molecule has 0 unspecified atom stereocenters. The molecule has 0 bridgehead atoms. The van der Waals surface area contributed by atoms with Gasteiger partial charge in [0.2, 0.25) is 5.89 Å². The third kappa shape index (κ3) is 5.17. The first-order valence-corrected chi connectivity index (χ1v) is 12.0. The van der Waals surface area contributed by atoms with Gasteiger partial charge in [0.05, 0.1) is 19.4 Å². The van der Waals surface area contributed by atoms with Gasteiger partial charge in [-0.25, -0.2) is 4.79 Å². The molecule has 0 atom stereocenters. The molecule has 0 aliphatic heterocycles. The molecule has 36 heavy (non-hydrogen) atoms. The zero-order valence-electron chi connectivity index (χ0n) is 19.9. The number of nitrogen functional groups attached to an aromatic ring is 1. The second-order valence-electron chi connectivity index (χ2n) is 8.82. The Hall–Kier alpha value is -4.34. The summed E-state index contributed by atoms with van der Waals surface area (Å²) in [4.78, 5) is 30.0. The van der Waals surface area contributed by atoms with E-state index in [1.54, 1.807) is 12.1 Å². The highest BCUT2D eigenvalue weighted by molar-refractivity contribution is 5.62. The first-order valence-electron chi connectivity index (χ1n) is 12.0. The Morgan fingerprint density at radius 3 is 2.69 bits per heavy atom. The highest BCUT2D eigenvalue weighted by Crippen LogP contribution is 2.25. The highest BCUT2D eigenvalue weighted by atomic mass is 16.4. The number of nitrogens with zero attached hydrogens (tertiary/aromatic N) is 4. The standard InChI is InChI=1S/C26H28N6O4/c27-23-22(24(33)28-26(34)32(23)16-19-10-5-2-6-11-19)31(14-13-18-8-3-1-4-9-18)17-21-29-30-25(36-21)20-12-7-15-35-20/h2,5-8,10-12,15H,1,3-4,9,13-14,16-17,27H2,(H,28,33,34). The van der Waals surface area contributed by atoms with E-state index in [0.29, 0.717) is 18.2 Å². The first-order chi connectivity index (χ1) is 17.6. The molecule has 0 saturated carbocycles. The van der Waals surface area contributed by atoms with E-state index in [1.807, 2.05) is 35.2 Å². The third-order valence-electron chi connectivity index (χ3n) is 6.33. The molecule has 3 aromatic heterocycles. The van der Waals surface area contributed by atoms with Crippen LogP contribution in [0.1, 0.15) is 43.6 Å². The molecule has 1 aromatic carbocycles. The van der Waals surface area contributed by atoms with Gasteiger partial charge in [0.1, 0.15) is 11.5 Å². The molecule has 3 heterocycles. The maximum absolute atomic E-state index is 13.1. The number of furan rings is 1. The number of allylic oxidation sites excluding steroid dienone is 1. The first kappa shape index (κ1) is 23.4. The van der Waals surface area contributed by atoms with Gasteiger partial charge >= 0.3 is 5.69 Å². The van der Waals surface area contributed by atoms with E-state index in [-0.39, 0.29) is 30.5 Å². The zero-order valence-corrected chi connectivity index (χ0v) is 19.9. The molecule has 0 spiro atoms. The van der Waals surface area contributed by atoms with E-state index in [1.165, 1.54) is 22.8 Å². The van der Waals surface area contributed by atoms with Gasteiger partial charge in [-0.15, -0.1) is 10.2 Å². The molecule has 1 aliphatic carbocycles. The number of anilines is 2. The van der Waals surface area contributed by atoms with Crippen molar-refractivity contribution in [3.05, 3.63) is 92.7 Å². The largest absolute Gasteiger partial charge is 0.459 e. The molecule has 0 fully saturated rings. The molecule has 4 aromatic rings. The van der Waals surface area contributed by atoms with Crippen LogP contribution in [-0.2, 0) is 13.1 Å². The number of hydrogen-bond donors (Lipinski definition) is 2. The molecule has 10 nitrogen and oxygen atoms in total. The molecule has 5 rings (SSSR count). The molecule has 10 heteroatoms. The minimum Gasteiger partial charge on any atom is -0.459 e. The normalized spacial score (nSPS) is 13.5. The van der Waals surface area contributed by atoms with Crippen molar-refractivity contribution in [3.8, 4) is 11.7 Å². The van der Waals surface area contributed by atoms with Gasteiger partial charge in [-0.2, -0.15) is 0 Å². The molecule has 0 amide bonds. The van der Waals surface area contributed by atoms with Gasteiger partial charge in [0.25, 0.3) is 11.4 Å². The average molecular weight is 489 g/mol. The van der Waals surface area contributed by atoms with Crippen molar-refractivity contribution in [1.29, 1.82) is 0 Å². The summed E-state index contributed by atoms with van der Waals surface area (Å²) in [6.07, 6.45) is 9.02. The number of nitrogens with one attached hydrogen (secondary N) is 1. The van der Waals surface area contributed by atoms with Crippen LogP contribution in [-0.4, -0.2) is 26.3 Å². The number of benzene rings is 1. The Balaban J connectivity index is 1.49. The van der Waals surface area contributed by atoms with Crippen molar-refractivity contribution in [1.82, 2.24) is 19.7 Å². The van der Waals surface area contributed by atoms with Gasteiger partial charge in [0.15, 0.2) is 5.76 Å². The highest BCUT2D eigenvalue weighted by Gasteiger charge is 2.22. The number of nitrogens with two attached hydrogens (primary N) is 1. The van der Waals surface area contributed by atoms with E-state index in [0.717, 1.165) is 31.2 Å². The van der Waals surface area contributed by atoms with Crippen molar-refractivity contribution >= 4 is 11.5 Å². The number of H-pyrrole nitrogens is 1. The van der Waals surface area contributed by atoms with Gasteiger partial charge in [-0.1, -0.05) is 42.0 Å². The van der Waals surface area contributed by atoms with Gasteiger partial charge in [-0.3, -0.25) is 14.3 Å². The number of aromatic amines is 1. The molecule has 3 N–H and O–H groups in total. The lowest BCUT2D eigenvalue weighted by atomic mass is 9.97. The van der Waals surface area contributed by atoms with E-state index in [2.05, 4.69) is 21.3 Å². The van der Waals surface area contributed by atoms with Crippen molar-refractivity contribution in [2.45, 2.75) is 45.2 Å². The number of rotatable bonds is 9. The fraction of sp³-hybridized carbons (Fsp3) is 0.308. The van der Waals surface area contributed by atoms with E-state index in [4.69, 9.17) is 14.6 Å². The van der Waals surface area contributed by atoms with Crippen LogP contribution >= 0.6 is 0 Å². The quantitative estimate of drug-likeness (QED) is 0.340. The fourth-order valence-electron chi connectivity index (χ4n) is 4.47. The van der Waals surface area contributed by atoms with E-state index >= 15 is 0 Å². The molecule has 0 saturated heterocycles. The van der Waals surface area contributed by atoms with Crippen LogP contribution in [0.4, 0.5) is 11.5 Å². The number of aromatic nitrogens is 4. The lowest BCUT2D eigenvalue weighted by molar-refractivity contribution is 0.474.